The molecule has 5 aromatic carbocycles. The fourth-order valence-corrected chi connectivity index (χ4v) is 10.8. The van der Waals surface area contributed by atoms with Crippen LogP contribution in [0.3, 0.4) is 0 Å². The highest BCUT2D eigenvalue weighted by Crippen LogP contribution is 2.41. The van der Waals surface area contributed by atoms with E-state index in [2.05, 4.69) is 114 Å². The quantitative estimate of drug-likeness (QED) is 0.0400. The van der Waals surface area contributed by atoms with Crippen LogP contribution in [0.4, 0.5) is 0 Å². The summed E-state index contributed by atoms with van der Waals surface area (Å²) in [5.41, 5.74) is 4.79. The third-order valence-corrected chi connectivity index (χ3v) is 14.2. The zero-order valence-corrected chi connectivity index (χ0v) is 35.4. The lowest BCUT2D eigenvalue weighted by Gasteiger charge is -2.16. The van der Waals surface area contributed by atoms with E-state index in [1.807, 2.05) is 71.3 Å². The monoisotopic (exact) mass is 812 g/mol. The predicted molar refractivity (Wildman–Crippen MR) is 252 cm³/mol. The Morgan fingerprint density at radius 2 is 0.946 bits per heavy atom. The van der Waals surface area contributed by atoms with Gasteiger partial charge in [-0.3, -0.25) is 4.79 Å². The number of rotatable bonds is 17. The Morgan fingerprint density at radius 1 is 0.482 bits per heavy atom. The Morgan fingerprint density at radius 3 is 1.46 bits per heavy atom. The smallest absolute Gasteiger partial charge is 0.150 e. The third kappa shape index (κ3) is 9.92. The van der Waals surface area contributed by atoms with E-state index < -0.39 is 0 Å². The summed E-state index contributed by atoms with van der Waals surface area (Å²) >= 11 is 7.25. The van der Waals surface area contributed by atoms with Gasteiger partial charge in [0.25, 0.3) is 0 Å². The number of benzene rings is 5. The molecule has 0 radical (unpaired) electrons. The molecule has 0 atom stereocenters. The van der Waals surface area contributed by atoms with Crippen LogP contribution >= 0.6 is 47.0 Å². The first kappa shape index (κ1) is 40.2. The average molecular weight is 813 g/mol. The average Bonchev–Trinajstić information content (AvgIpc) is 3.98. The number of fused-ring (bicyclic) bond motifs is 2. The van der Waals surface area contributed by atoms with Crippen molar-refractivity contribution < 1.29 is 14.3 Å². The number of hydrogen-bond acceptors (Lipinski definition) is 7. The molecule has 2 heterocycles. The summed E-state index contributed by atoms with van der Waals surface area (Å²) < 4.78 is 15.8. The van der Waals surface area contributed by atoms with Crippen LogP contribution in [0.15, 0.2) is 100 Å². The minimum atomic E-state index is 0.661. The van der Waals surface area contributed by atoms with Gasteiger partial charge in [-0.15, -0.1) is 0 Å². The van der Waals surface area contributed by atoms with Crippen molar-refractivity contribution >= 4 is 108 Å². The summed E-state index contributed by atoms with van der Waals surface area (Å²) in [7, 11) is 0. The molecule has 0 amide bonds. The molecule has 2 aliphatic rings. The van der Waals surface area contributed by atoms with Crippen LogP contribution in [0.2, 0.25) is 0 Å². The Bertz CT molecular complexity index is 2410. The van der Waals surface area contributed by atoms with Crippen LogP contribution in [-0.4, -0.2) is 19.5 Å². The first-order valence-electron chi connectivity index (χ1n) is 19.7. The maximum atomic E-state index is 11.2. The first-order chi connectivity index (χ1) is 27.7. The summed E-state index contributed by atoms with van der Waals surface area (Å²) in [5.74, 6) is 1.69. The Kier molecular flexibility index (Phi) is 14.7. The number of ether oxygens (including phenoxy) is 2. The molecule has 0 fully saturated rings. The Balaban J connectivity index is 1.31. The van der Waals surface area contributed by atoms with Crippen molar-refractivity contribution in [2.45, 2.75) is 65.2 Å². The van der Waals surface area contributed by atoms with E-state index in [4.69, 9.17) is 9.47 Å². The number of carbonyl (C=O) groups is 1. The van der Waals surface area contributed by atoms with Gasteiger partial charge in [0, 0.05) is 27.1 Å². The molecular weight excluding hydrogens is 765 g/mol. The van der Waals surface area contributed by atoms with Crippen molar-refractivity contribution in [3.8, 4) is 11.5 Å². The lowest BCUT2D eigenvalue weighted by Crippen LogP contribution is -2.17. The number of carbonyl (C=O) groups excluding carboxylic acids is 1. The van der Waals surface area contributed by atoms with Crippen LogP contribution in [0.5, 0.6) is 11.5 Å². The van der Waals surface area contributed by atoms with Crippen LogP contribution in [-0.2, 0) is 0 Å². The molecule has 0 unspecified atom stereocenters. The highest BCUT2D eigenvalue weighted by atomic mass is 32.2. The Labute approximate surface area is 348 Å². The van der Waals surface area contributed by atoms with E-state index in [-0.39, 0.29) is 0 Å². The number of thioether (sulfide) groups is 4. The standard InChI is InChI=1S/C49H48O3S4/c1-3-5-7-11-25-51-44-33-39(45(52-26-12-8-6-4-2)32-38(44)22-19-35-15-17-37(34-50)18-16-35)23-20-36-21-24-42-43(31-36)47(49-55-29-30-56-49)41-14-10-9-13-40(41)46(42)48-53-27-28-54-48/h9-10,13-24,27-34H,3-8,11-12,25-26H2,1-2H3/b22-19+,23-20+. The van der Waals surface area contributed by atoms with Gasteiger partial charge in [0.1, 0.15) is 17.8 Å². The largest absolute Gasteiger partial charge is 0.493 e. The molecule has 0 bridgehead atoms. The maximum absolute atomic E-state index is 11.2. The van der Waals surface area contributed by atoms with Crippen molar-refractivity contribution in [3.63, 3.8) is 0 Å². The van der Waals surface area contributed by atoms with Gasteiger partial charge in [0.05, 0.1) is 21.7 Å². The summed E-state index contributed by atoms with van der Waals surface area (Å²) in [4.78, 5) is 11.2. The molecule has 2 aliphatic heterocycles. The molecule has 3 nitrogen and oxygen atoms in total. The van der Waals surface area contributed by atoms with Gasteiger partial charge in [0.2, 0.25) is 0 Å². The van der Waals surface area contributed by atoms with Gasteiger partial charge in [-0.25, -0.2) is 0 Å². The summed E-state index contributed by atoms with van der Waals surface area (Å²) in [6.45, 7) is 5.79. The summed E-state index contributed by atoms with van der Waals surface area (Å²) in [6, 6.07) is 27.7. The van der Waals surface area contributed by atoms with Crippen molar-refractivity contribution in [1.29, 1.82) is 0 Å². The molecular formula is C49H48O3S4. The fourth-order valence-electron chi connectivity index (χ4n) is 6.97. The minimum Gasteiger partial charge on any atom is -0.493 e. The van der Waals surface area contributed by atoms with Crippen molar-refractivity contribution in [1.82, 2.24) is 0 Å². The van der Waals surface area contributed by atoms with Crippen LogP contribution < -0.4 is 19.9 Å². The van der Waals surface area contributed by atoms with Crippen molar-refractivity contribution in [2.24, 2.45) is 0 Å². The third-order valence-electron chi connectivity index (χ3n) is 9.90. The van der Waals surface area contributed by atoms with Crippen molar-refractivity contribution in [2.75, 3.05) is 13.2 Å². The molecule has 7 heteroatoms. The van der Waals surface area contributed by atoms with Crippen LogP contribution in [0.1, 0.15) is 97.8 Å². The van der Waals surface area contributed by atoms with Crippen molar-refractivity contribution in [3.05, 3.63) is 139 Å². The zero-order chi connectivity index (χ0) is 38.5. The fraction of sp³-hybridized carbons (Fsp3) is 0.245. The van der Waals surface area contributed by atoms with Gasteiger partial charge >= 0.3 is 0 Å². The van der Waals surface area contributed by atoms with E-state index in [9.17, 15) is 4.79 Å². The van der Waals surface area contributed by atoms with E-state index in [1.54, 1.807) is 0 Å². The summed E-state index contributed by atoms with van der Waals surface area (Å²) in [6.07, 6.45) is 18.6. The number of aldehydes is 1. The summed E-state index contributed by atoms with van der Waals surface area (Å²) in [5, 5.41) is 16.5. The lowest BCUT2D eigenvalue weighted by atomic mass is 9.97. The SMILES string of the molecule is CCCCCCOc1cc(/C=C/c2ccc3c(=C4SC=CS4)c4ccccc4c(=C4SC=CS4)c3c2)c(OCCCCCC)cc1/C=C/c1ccc(C=O)cc1. The first-order valence-corrected chi connectivity index (χ1v) is 23.2. The molecule has 0 saturated carbocycles. The molecule has 0 aromatic heterocycles. The van der Waals surface area contributed by atoms with Crippen LogP contribution in [0, 0.1) is 0 Å². The van der Waals surface area contributed by atoms with Crippen LogP contribution in [0.25, 0.3) is 54.3 Å². The zero-order valence-electron chi connectivity index (χ0n) is 32.1. The van der Waals surface area contributed by atoms with E-state index in [1.165, 1.54) is 66.1 Å². The molecule has 0 aliphatic carbocycles. The second-order valence-electron chi connectivity index (χ2n) is 13.9. The molecule has 0 saturated heterocycles. The van der Waals surface area contributed by atoms with Gasteiger partial charge in [0.15, 0.2) is 0 Å². The maximum Gasteiger partial charge on any atom is 0.150 e. The Hall–Kier alpha value is -4.01. The molecule has 286 valence electrons. The topological polar surface area (TPSA) is 35.5 Å². The molecule has 56 heavy (non-hydrogen) atoms. The molecule has 7 rings (SSSR count). The van der Waals surface area contributed by atoms with Gasteiger partial charge in [-0.05, 0) is 85.3 Å². The number of hydrogen-bond donors (Lipinski definition) is 0. The van der Waals surface area contributed by atoms with Gasteiger partial charge < -0.3 is 9.47 Å². The van der Waals surface area contributed by atoms with Gasteiger partial charge in [-0.2, -0.15) is 0 Å². The number of unbranched alkanes of at least 4 members (excludes halogenated alkanes) is 6. The highest BCUT2D eigenvalue weighted by molar-refractivity contribution is 8.35. The van der Waals surface area contributed by atoms with E-state index in [0.29, 0.717) is 18.8 Å². The van der Waals surface area contributed by atoms with E-state index in [0.717, 1.165) is 65.7 Å². The molecule has 0 N–H and O–H groups in total. The lowest BCUT2D eigenvalue weighted by molar-refractivity contribution is 0.112. The minimum absolute atomic E-state index is 0.661. The molecule has 5 aromatic rings. The normalized spacial score (nSPS) is 14.0. The van der Waals surface area contributed by atoms with E-state index >= 15 is 0 Å². The second-order valence-corrected chi connectivity index (χ2v) is 18.1. The highest BCUT2D eigenvalue weighted by Gasteiger charge is 2.16. The van der Waals surface area contributed by atoms with Gasteiger partial charge in [-0.1, -0.05) is 184 Å². The predicted octanol–water partition coefficient (Wildman–Crippen LogP) is 14.1. The molecule has 0 spiro atoms. The second kappa shape index (κ2) is 20.4.